The Bertz CT molecular complexity index is 396. The summed E-state index contributed by atoms with van der Waals surface area (Å²) in [5.74, 6) is 0.911. The number of methoxy groups -OCH3 is 1. The molecule has 0 aromatic heterocycles. The van der Waals surface area contributed by atoms with Gasteiger partial charge in [-0.05, 0) is 22.9 Å². The molecule has 0 aliphatic heterocycles. The molecule has 0 saturated heterocycles. The van der Waals surface area contributed by atoms with E-state index in [0.717, 1.165) is 5.75 Å². The van der Waals surface area contributed by atoms with E-state index in [1.807, 2.05) is 24.3 Å². The third-order valence-electron chi connectivity index (χ3n) is 1.96. The highest BCUT2D eigenvalue weighted by Gasteiger charge is 1.93. The molecule has 0 spiro atoms. The Morgan fingerprint density at radius 2 is 1.62 bits per heavy atom. The molecular formula is C11H12O2. The first-order valence-electron chi connectivity index (χ1n) is 3.93. The minimum Gasteiger partial charge on any atom is -0.497 e. The number of rotatable bonds is 1. The first-order chi connectivity index (χ1) is 5.90. The van der Waals surface area contributed by atoms with Crippen LogP contribution in [0.2, 0.25) is 0 Å². The van der Waals surface area contributed by atoms with Gasteiger partial charge in [0.2, 0.25) is 0 Å². The quantitative estimate of drug-likeness (QED) is 0.655. The highest BCUT2D eigenvalue weighted by Crippen LogP contribution is 2.19. The molecule has 0 saturated carbocycles. The van der Waals surface area contributed by atoms with Gasteiger partial charge in [-0.2, -0.15) is 0 Å². The first kappa shape index (κ1) is 9.55. The van der Waals surface area contributed by atoms with Gasteiger partial charge < -0.3 is 10.2 Å². The van der Waals surface area contributed by atoms with E-state index < -0.39 is 0 Å². The van der Waals surface area contributed by atoms with Crippen LogP contribution in [0.5, 0.6) is 5.75 Å². The Balaban J connectivity index is 0.000000845. The average Bonchev–Trinajstić information content (AvgIpc) is 2.17. The fourth-order valence-corrected chi connectivity index (χ4v) is 1.29. The molecule has 2 aromatic rings. The smallest absolute Gasteiger partial charge is 0.119 e. The van der Waals surface area contributed by atoms with E-state index in [9.17, 15) is 0 Å². The van der Waals surface area contributed by atoms with Crippen molar-refractivity contribution in [3.05, 3.63) is 42.5 Å². The van der Waals surface area contributed by atoms with E-state index >= 15 is 0 Å². The summed E-state index contributed by atoms with van der Waals surface area (Å²) in [5.41, 5.74) is 0. The second kappa shape index (κ2) is 3.92. The lowest BCUT2D eigenvalue weighted by molar-refractivity contribution is 0.415. The Kier molecular flexibility index (Phi) is 2.88. The van der Waals surface area contributed by atoms with Gasteiger partial charge in [0.25, 0.3) is 0 Å². The van der Waals surface area contributed by atoms with E-state index in [1.165, 1.54) is 10.8 Å². The highest BCUT2D eigenvalue weighted by molar-refractivity contribution is 5.83. The van der Waals surface area contributed by atoms with E-state index in [0.29, 0.717) is 0 Å². The van der Waals surface area contributed by atoms with Gasteiger partial charge >= 0.3 is 0 Å². The third kappa shape index (κ3) is 1.79. The molecule has 2 aromatic carbocycles. The van der Waals surface area contributed by atoms with Crippen LogP contribution < -0.4 is 4.74 Å². The molecule has 2 heteroatoms. The fraction of sp³-hybridized carbons (Fsp3) is 0.0909. The van der Waals surface area contributed by atoms with E-state index in [4.69, 9.17) is 4.74 Å². The van der Waals surface area contributed by atoms with Gasteiger partial charge in [0.15, 0.2) is 0 Å². The maximum Gasteiger partial charge on any atom is 0.119 e. The molecule has 0 heterocycles. The largest absolute Gasteiger partial charge is 0.497 e. The molecule has 0 bridgehead atoms. The SMILES string of the molecule is COc1ccc2ccccc2c1.O. The fourth-order valence-electron chi connectivity index (χ4n) is 1.29. The number of hydrogen-bond acceptors (Lipinski definition) is 1. The molecule has 2 rings (SSSR count). The van der Waals surface area contributed by atoms with Crippen LogP contribution in [-0.2, 0) is 0 Å². The summed E-state index contributed by atoms with van der Waals surface area (Å²) in [6, 6.07) is 14.3. The summed E-state index contributed by atoms with van der Waals surface area (Å²) < 4.78 is 5.12. The summed E-state index contributed by atoms with van der Waals surface area (Å²) in [4.78, 5) is 0. The molecule has 0 unspecified atom stereocenters. The zero-order valence-electron chi connectivity index (χ0n) is 7.45. The van der Waals surface area contributed by atoms with Crippen molar-refractivity contribution in [1.29, 1.82) is 0 Å². The lowest BCUT2D eigenvalue weighted by Crippen LogP contribution is -1.81. The summed E-state index contributed by atoms with van der Waals surface area (Å²) >= 11 is 0. The van der Waals surface area contributed by atoms with Crippen LogP contribution in [0.15, 0.2) is 42.5 Å². The number of ether oxygens (including phenoxy) is 1. The molecule has 0 aliphatic rings. The van der Waals surface area contributed by atoms with Gasteiger partial charge in [0, 0.05) is 0 Å². The third-order valence-corrected chi connectivity index (χ3v) is 1.96. The van der Waals surface area contributed by atoms with Crippen molar-refractivity contribution in [2.24, 2.45) is 0 Å². The molecule has 0 radical (unpaired) electrons. The summed E-state index contributed by atoms with van der Waals surface area (Å²) in [6.07, 6.45) is 0. The molecule has 13 heavy (non-hydrogen) atoms. The molecule has 2 N–H and O–H groups in total. The standard InChI is InChI=1S/C11H10O.H2O/c1-12-11-7-6-9-4-2-3-5-10(9)8-11;/h2-8H,1H3;1H2. The zero-order valence-corrected chi connectivity index (χ0v) is 7.45. The van der Waals surface area contributed by atoms with Crippen molar-refractivity contribution in [2.45, 2.75) is 0 Å². The van der Waals surface area contributed by atoms with Crippen LogP contribution in [0.3, 0.4) is 0 Å². The second-order valence-corrected chi connectivity index (χ2v) is 2.71. The van der Waals surface area contributed by atoms with Crippen molar-refractivity contribution >= 4 is 10.8 Å². The topological polar surface area (TPSA) is 40.7 Å². The van der Waals surface area contributed by atoms with Gasteiger partial charge in [0.05, 0.1) is 7.11 Å². The van der Waals surface area contributed by atoms with Crippen molar-refractivity contribution in [3.8, 4) is 5.75 Å². The van der Waals surface area contributed by atoms with Gasteiger partial charge in [-0.25, -0.2) is 0 Å². The van der Waals surface area contributed by atoms with E-state index in [-0.39, 0.29) is 5.48 Å². The average molecular weight is 176 g/mol. The van der Waals surface area contributed by atoms with Crippen molar-refractivity contribution in [2.75, 3.05) is 7.11 Å². The van der Waals surface area contributed by atoms with Crippen LogP contribution in [0.4, 0.5) is 0 Å². The molecule has 0 fully saturated rings. The molecular weight excluding hydrogens is 164 g/mol. The highest BCUT2D eigenvalue weighted by atomic mass is 16.5. The zero-order chi connectivity index (χ0) is 8.39. The second-order valence-electron chi connectivity index (χ2n) is 2.71. The Hall–Kier alpha value is -1.54. The van der Waals surface area contributed by atoms with Crippen LogP contribution in [0.25, 0.3) is 10.8 Å². The predicted molar refractivity (Wildman–Crippen MR) is 54.1 cm³/mol. The van der Waals surface area contributed by atoms with Crippen molar-refractivity contribution in [3.63, 3.8) is 0 Å². The Labute approximate surface area is 77.1 Å². The minimum absolute atomic E-state index is 0. The Morgan fingerprint density at radius 1 is 0.923 bits per heavy atom. The van der Waals surface area contributed by atoms with Crippen molar-refractivity contribution in [1.82, 2.24) is 0 Å². The normalized spacial score (nSPS) is 9.31. The predicted octanol–water partition coefficient (Wildman–Crippen LogP) is 2.02. The van der Waals surface area contributed by atoms with Crippen LogP contribution in [0, 0.1) is 0 Å². The van der Waals surface area contributed by atoms with Gasteiger partial charge in [0.1, 0.15) is 5.75 Å². The molecule has 68 valence electrons. The molecule has 2 nitrogen and oxygen atoms in total. The lowest BCUT2D eigenvalue weighted by Gasteiger charge is -2.00. The lowest BCUT2D eigenvalue weighted by atomic mass is 10.1. The first-order valence-corrected chi connectivity index (χ1v) is 3.93. The monoisotopic (exact) mass is 176 g/mol. The van der Waals surface area contributed by atoms with Crippen LogP contribution >= 0.6 is 0 Å². The summed E-state index contributed by atoms with van der Waals surface area (Å²) in [5, 5.41) is 2.47. The molecule has 0 atom stereocenters. The number of benzene rings is 2. The van der Waals surface area contributed by atoms with Gasteiger partial charge in [-0.3, -0.25) is 0 Å². The number of hydrogen-bond donors (Lipinski definition) is 0. The maximum absolute atomic E-state index is 5.12. The minimum atomic E-state index is 0. The van der Waals surface area contributed by atoms with Crippen LogP contribution in [-0.4, -0.2) is 12.6 Å². The summed E-state index contributed by atoms with van der Waals surface area (Å²) in [7, 11) is 1.68. The van der Waals surface area contributed by atoms with E-state index in [2.05, 4.69) is 18.2 Å². The summed E-state index contributed by atoms with van der Waals surface area (Å²) in [6.45, 7) is 0. The van der Waals surface area contributed by atoms with Gasteiger partial charge in [-0.15, -0.1) is 0 Å². The number of fused-ring (bicyclic) bond motifs is 1. The van der Waals surface area contributed by atoms with E-state index in [1.54, 1.807) is 7.11 Å². The van der Waals surface area contributed by atoms with Crippen molar-refractivity contribution < 1.29 is 10.2 Å². The maximum atomic E-state index is 5.12. The van der Waals surface area contributed by atoms with Gasteiger partial charge in [-0.1, -0.05) is 30.3 Å². The van der Waals surface area contributed by atoms with Crippen LogP contribution in [0.1, 0.15) is 0 Å². The molecule has 0 aliphatic carbocycles. The Morgan fingerprint density at radius 3 is 2.31 bits per heavy atom. The molecule has 0 amide bonds.